The van der Waals surface area contributed by atoms with Crippen molar-refractivity contribution in [2.24, 2.45) is 0 Å². The van der Waals surface area contributed by atoms with E-state index in [0.717, 1.165) is 37.4 Å². The van der Waals surface area contributed by atoms with Crippen molar-refractivity contribution in [2.45, 2.75) is 31.1 Å². The number of rotatable bonds is 7. The second kappa shape index (κ2) is 8.02. The van der Waals surface area contributed by atoms with Gasteiger partial charge in [-0.15, -0.1) is 11.8 Å². The summed E-state index contributed by atoms with van der Waals surface area (Å²) in [6, 6.07) is 4.98. The van der Waals surface area contributed by atoms with Gasteiger partial charge in [-0.1, -0.05) is 36.6 Å². The van der Waals surface area contributed by atoms with Crippen LogP contribution >= 0.6 is 23.4 Å². The summed E-state index contributed by atoms with van der Waals surface area (Å²) in [4.78, 5) is 22.3. The molecule has 1 aliphatic carbocycles. The number of aliphatic carboxylic acids is 1. The molecule has 0 heterocycles. The molecule has 2 rings (SSSR count). The zero-order valence-corrected chi connectivity index (χ0v) is 14.2. The molecule has 126 valence electrons. The Labute approximate surface area is 143 Å². The zero-order chi connectivity index (χ0) is 16.9. The van der Waals surface area contributed by atoms with Crippen LogP contribution in [0.4, 0.5) is 4.39 Å². The third-order valence-electron chi connectivity index (χ3n) is 4.17. The summed E-state index contributed by atoms with van der Waals surface area (Å²) in [5.74, 6) is -1.62. The number of carboxylic acids is 1. The molecule has 0 atom stereocenters. The minimum absolute atomic E-state index is 0.0837. The van der Waals surface area contributed by atoms with Crippen LogP contribution in [0.15, 0.2) is 18.2 Å². The van der Waals surface area contributed by atoms with Gasteiger partial charge in [0.15, 0.2) is 0 Å². The Morgan fingerprint density at radius 1 is 1.30 bits per heavy atom. The van der Waals surface area contributed by atoms with Gasteiger partial charge in [-0.25, -0.2) is 4.39 Å². The molecule has 1 saturated carbocycles. The molecule has 1 amide bonds. The molecule has 0 spiro atoms. The number of benzene rings is 1. The van der Waals surface area contributed by atoms with E-state index >= 15 is 0 Å². The summed E-state index contributed by atoms with van der Waals surface area (Å²) in [5, 5.41) is 11.5. The highest BCUT2D eigenvalue weighted by atomic mass is 35.5. The van der Waals surface area contributed by atoms with E-state index in [1.165, 1.54) is 6.07 Å². The summed E-state index contributed by atoms with van der Waals surface area (Å²) in [6.45, 7) is 0.344. The molecule has 2 N–H and O–H groups in total. The van der Waals surface area contributed by atoms with Gasteiger partial charge in [-0.3, -0.25) is 9.59 Å². The Hall–Kier alpha value is -1.27. The molecule has 23 heavy (non-hydrogen) atoms. The number of hydrogen-bond acceptors (Lipinski definition) is 3. The fourth-order valence-corrected chi connectivity index (χ4v) is 3.80. The lowest BCUT2D eigenvalue weighted by Crippen LogP contribution is -2.40. The van der Waals surface area contributed by atoms with Gasteiger partial charge in [-0.05, 0) is 24.5 Å². The van der Waals surface area contributed by atoms with Crippen LogP contribution in [0.25, 0.3) is 0 Å². The molecular weight excluding hydrogens is 341 g/mol. The van der Waals surface area contributed by atoms with Gasteiger partial charge in [0.2, 0.25) is 5.91 Å². The summed E-state index contributed by atoms with van der Waals surface area (Å²) < 4.78 is 14.4. The summed E-state index contributed by atoms with van der Waals surface area (Å²) in [5.41, 5.74) is 0.128. The topological polar surface area (TPSA) is 66.4 Å². The zero-order valence-electron chi connectivity index (χ0n) is 12.6. The van der Waals surface area contributed by atoms with E-state index in [1.54, 1.807) is 12.1 Å². The first-order chi connectivity index (χ1) is 10.9. The summed E-state index contributed by atoms with van der Waals surface area (Å²) in [6.07, 6.45) is 3.56. The maximum absolute atomic E-state index is 14.4. The molecule has 0 aliphatic heterocycles. The van der Waals surface area contributed by atoms with Crippen molar-refractivity contribution in [3.8, 4) is 0 Å². The van der Waals surface area contributed by atoms with E-state index in [1.807, 2.05) is 0 Å². The normalized spacial score (nSPS) is 16.3. The van der Waals surface area contributed by atoms with Crippen molar-refractivity contribution in [1.82, 2.24) is 5.32 Å². The molecule has 0 saturated heterocycles. The van der Waals surface area contributed by atoms with Crippen LogP contribution in [0.3, 0.4) is 0 Å². The minimum atomic E-state index is -0.948. The Morgan fingerprint density at radius 2 is 2.00 bits per heavy atom. The Kier molecular flexibility index (Phi) is 6.30. The number of nitrogens with one attached hydrogen (secondary N) is 1. The van der Waals surface area contributed by atoms with E-state index in [4.69, 9.17) is 16.7 Å². The Bertz CT molecular complexity index is 591. The quantitative estimate of drug-likeness (QED) is 0.784. The molecular formula is C16H19ClFNO3S. The molecule has 4 nitrogen and oxygen atoms in total. The van der Waals surface area contributed by atoms with E-state index in [0.29, 0.717) is 12.1 Å². The van der Waals surface area contributed by atoms with Gasteiger partial charge >= 0.3 is 5.97 Å². The number of thioether (sulfide) groups is 1. The first kappa shape index (κ1) is 18.1. The van der Waals surface area contributed by atoms with Crippen LogP contribution in [0.5, 0.6) is 0 Å². The van der Waals surface area contributed by atoms with Crippen molar-refractivity contribution >= 4 is 35.2 Å². The largest absolute Gasteiger partial charge is 0.481 e. The van der Waals surface area contributed by atoms with E-state index < -0.39 is 17.2 Å². The van der Waals surface area contributed by atoms with Crippen LogP contribution < -0.4 is 5.32 Å². The Morgan fingerprint density at radius 3 is 2.65 bits per heavy atom. The molecule has 0 unspecified atom stereocenters. The van der Waals surface area contributed by atoms with E-state index in [-0.39, 0.29) is 22.4 Å². The molecule has 0 radical (unpaired) electrons. The highest BCUT2D eigenvalue weighted by Crippen LogP contribution is 2.42. The summed E-state index contributed by atoms with van der Waals surface area (Å²) >= 11 is 6.94. The van der Waals surface area contributed by atoms with Crippen LogP contribution in [-0.4, -0.2) is 35.0 Å². The first-order valence-corrected chi connectivity index (χ1v) is 8.99. The van der Waals surface area contributed by atoms with E-state index in [2.05, 4.69) is 5.32 Å². The number of halogens is 2. The SMILES string of the molecule is O=C(O)CSCC(=O)NCC1(c2cccc(Cl)c2F)CCCC1. The van der Waals surface area contributed by atoms with Gasteiger partial charge < -0.3 is 10.4 Å². The van der Waals surface area contributed by atoms with Crippen molar-refractivity contribution in [3.05, 3.63) is 34.6 Å². The third-order valence-corrected chi connectivity index (χ3v) is 5.38. The van der Waals surface area contributed by atoms with Gasteiger partial charge in [0.05, 0.1) is 16.5 Å². The Balaban J connectivity index is 2.03. The molecule has 0 bridgehead atoms. The van der Waals surface area contributed by atoms with Gasteiger partial charge in [-0.2, -0.15) is 0 Å². The third kappa shape index (κ3) is 4.61. The van der Waals surface area contributed by atoms with Crippen molar-refractivity contribution in [2.75, 3.05) is 18.1 Å². The number of carbonyl (C=O) groups is 2. The molecule has 0 aromatic heterocycles. The second-order valence-corrected chi connectivity index (χ2v) is 7.14. The fourth-order valence-electron chi connectivity index (χ4n) is 3.06. The summed E-state index contributed by atoms with van der Waals surface area (Å²) in [7, 11) is 0. The monoisotopic (exact) mass is 359 g/mol. The predicted molar refractivity (Wildman–Crippen MR) is 89.5 cm³/mol. The maximum atomic E-state index is 14.4. The molecule has 1 aromatic carbocycles. The molecule has 1 aliphatic rings. The highest BCUT2D eigenvalue weighted by molar-refractivity contribution is 8.00. The number of carboxylic acid groups (broad SMARTS) is 1. The lowest BCUT2D eigenvalue weighted by molar-refractivity contribution is -0.133. The fraction of sp³-hybridized carbons (Fsp3) is 0.500. The van der Waals surface area contributed by atoms with Crippen LogP contribution in [0.2, 0.25) is 5.02 Å². The standard InChI is InChI=1S/C16H19ClFNO3S/c17-12-5-3-4-11(15(12)18)16(6-1-2-7-16)10-19-13(20)8-23-9-14(21)22/h3-5H,1-2,6-10H2,(H,19,20)(H,21,22). The molecule has 1 aromatic rings. The van der Waals surface area contributed by atoms with Crippen molar-refractivity contribution < 1.29 is 19.1 Å². The van der Waals surface area contributed by atoms with Gasteiger partial charge in [0.25, 0.3) is 0 Å². The lowest BCUT2D eigenvalue weighted by atomic mass is 9.78. The second-order valence-electron chi connectivity index (χ2n) is 5.75. The van der Waals surface area contributed by atoms with Crippen LogP contribution in [0, 0.1) is 5.82 Å². The lowest BCUT2D eigenvalue weighted by Gasteiger charge is -2.30. The minimum Gasteiger partial charge on any atom is -0.481 e. The van der Waals surface area contributed by atoms with Gasteiger partial charge in [0.1, 0.15) is 5.82 Å². The van der Waals surface area contributed by atoms with Crippen LogP contribution in [-0.2, 0) is 15.0 Å². The van der Waals surface area contributed by atoms with Crippen LogP contribution in [0.1, 0.15) is 31.2 Å². The number of carbonyl (C=O) groups excluding carboxylic acids is 1. The molecule has 1 fully saturated rings. The van der Waals surface area contributed by atoms with Gasteiger partial charge in [0, 0.05) is 12.0 Å². The smallest absolute Gasteiger partial charge is 0.313 e. The van der Waals surface area contributed by atoms with Crippen molar-refractivity contribution in [3.63, 3.8) is 0 Å². The highest BCUT2D eigenvalue weighted by Gasteiger charge is 2.38. The predicted octanol–water partition coefficient (Wildman–Crippen LogP) is 3.22. The van der Waals surface area contributed by atoms with Crippen molar-refractivity contribution in [1.29, 1.82) is 0 Å². The number of amides is 1. The first-order valence-electron chi connectivity index (χ1n) is 7.45. The number of hydrogen-bond donors (Lipinski definition) is 2. The maximum Gasteiger partial charge on any atom is 0.313 e. The van der Waals surface area contributed by atoms with E-state index in [9.17, 15) is 14.0 Å². The average Bonchev–Trinajstić information content (AvgIpc) is 2.97. The average molecular weight is 360 g/mol. The molecule has 7 heteroatoms.